The van der Waals surface area contributed by atoms with Gasteiger partial charge in [0.15, 0.2) is 5.96 Å². The zero-order valence-electron chi connectivity index (χ0n) is 17.3. The van der Waals surface area contributed by atoms with Gasteiger partial charge in [0, 0.05) is 32.9 Å². The quantitative estimate of drug-likeness (QED) is 0.417. The number of para-hydroxylation sites is 1. The summed E-state index contributed by atoms with van der Waals surface area (Å²) in [6.45, 7) is 6.83. The second-order valence-corrected chi connectivity index (χ2v) is 7.33. The van der Waals surface area contributed by atoms with Crippen molar-refractivity contribution in [3.63, 3.8) is 0 Å². The number of nitrogens with zero attached hydrogens (tertiary/aromatic N) is 3. The number of hydrogen-bond acceptors (Lipinski definition) is 3. The lowest BCUT2D eigenvalue weighted by Gasteiger charge is -2.25. The Labute approximate surface area is 163 Å². The van der Waals surface area contributed by atoms with Gasteiger partial charge in [-0.15, -0.1) is 0 Å². The molecule has 1 saturated heterocycles. The predicted octanol–water partition coefficient (Wildman–Crippen LogP) is 2.48. The summed E-state index contributed by atoms with van der Waals surface area (Å²) in [7, 11) is 3.66. The van der Waals surface area contributed by atoms with Gasteiger partial charge in [0.1, 0.15) is 0 Å². The van der Waals surface area contributed by atoms with Crippen LogP contribution in [0.5, 0.6) is 0 Å². The Morgan fingerprint density at radius 2 is 1.96 bits per heavy atom. The van der Waals surface area contributed by atoms with E-state index in [0.29, 0.717) is 12.5 Å². The van der Waals surface area contributed by atoms with Gasteiger partial charge >= 0.3 is 0 Å². The third-order valence-electron chi connectivity index (χ3n) is 5.23. The summed E-state index contributed by atoms with van der Waals surface area (Å²) >= 11 is 0. The molecular weight excluding hydrogens is 338 g/mol. The number of carbonyl (C=O) groups is 1. The van der Waals surface area contributed by atoms with Gasteiger partial charge in [-0.2, -0.15) is 0 Å². The lowest BCUT2D eigenvalue weighted by Crippen LogP contribution is -2.43. The standard InChI is InChI=1S/C21H35N5O/c1-5-16-10-7-11-17(6-2)19(16)24-21(22)23-13-9-15-26-14-8-12-18(26)20(27)25(3)4/h7,10-11,18H,5-6,8-9,12-15H2,1-4H3,(H3,22,23,24). The molecule has 0 bridgehead atoms. The number of carbonyl (C=O) groups excluding carboxylic acids is 1. The molecule has 1 fully saturated rings. The van der Waals surface area contributed by atoms with E-state index in [1.54, 1.807) is 4.90 Å². The molecule has 0 radical (unpaired) electrons. The van der Waals surface area contributed by atoms with Crippen LogP contribution in [0.2, 0.25) is 0 Å². The average Bonchev–Trinajstić information content (AvgIpc) is 3.13. The molecule has 2 rings (SSSR count). The van der Waals surface area contributed by atoms with Crippen LogP contribution in [0, 0.1) is 0 Å². The van der Waals surface area contributed by atoms with E-state index in [2.05, 4.69) is 47.3 Å². The van der Waals surface area contributed by atoms with Gasteiger partial charge in [-0.3, -0.25) is 14.7 Å². The van der Waals surface area contributed by atoms with E-state index in [1.807, 2.05) is 14.1 Å². The first-order chi connectivity index (χ1) is 13.0. The molecule has 0 aliphatic carbocycles. The van der Waals surface area contributed by atoms with Gasteiger partial charge < -0.3 is 16.0 Å². The number of benzene rings is 1. The third kappa shape index (κ3) is 5.70. The molecule has 27 heavy (non-hydrogen) atoms. The van der Waals surface area contributed by atoms with E-state index in [4.69, 9.17) is 5.73 Å². The van der Waals surface area contributed by atoms with Gasteiger partial charge in [0.05, 0.1) is 6.04 Å². The highest BCUT2D eigenvalue weighted by molar-refractivity contribution is 5.93. The molecule has 1 atom stereocenters. The number of hydrogen-bond donors (Lipinski definition) is 2. The number of nitrogens with two attached hydrogens (primary N) is 1. The maximum atomic E-state index is 12.2. The van der Waals surface area contributed by atoms with Crippen molar-refractivity contribution in [3.8, 4) is 0 Å². The highest BCUT2D eigenvalue weighted by Crippen LogP contribution is 2.22. The number of likely N-dealkylation sites (N-methyl/N-ethyl adjacent to an activating group) is 1. The number of likely N-dealkylation sites (tertiary alicyclic amines) is 1. The van der Waals surface area contributed by atoms with Gasteiger partial charge in [-0.25, -0.2) is 0 Å². The third-order valence-corrected chi connectivity index (χ3v) is 5.23. The van der Waals surface area contributed by atoms with Crippen LogP contribution in [0.1, 0.15) is 44.2 Å². The minimum Gasteiger partial charge on any atom is -0.370 e. The largest absolute Gasteiger partial charge is 0.370 e. The van der Waals surface area contributed by atoms with Crippen LogP contribution >= 0.6 is 0 Å². The summed E-state index contributed by atoms with van der Waals surface area (Å²) in [5.74, 6) is 0.674. The number of rotatable bonds is 8. The number of amides is 1. The fraction of sp³-hybridized carbons (Fsp3) is 0.619. The van der Waals surface area contributed by atoms with Crippen LogP contribution < -0.4 is 11.1 Å². The lowest BCUT2D eigenvalue weighted by atomic mass is 10.0. The molecule has 6 heteroatoms. The molecule has 1 aliphatic rings. The Morgan fingerprint density at radius 3 is 2.56 bits per heavy atom. The topological polar surface area (TPSA) is 74.0 Å². The van der Waals surface area contributed by atoms with E-state index in [0.717, 1.165) is 50.9 Å². The Hall–Kier alpha value is -2.08. The zero-order valence-corrected chi connectivity index (χ0v) is 17.3. The number of aliphatic imine (C=N–C) groups is 1. The Balaban J connectivity index is 1.87. The maximum absolute atomic E-state index is 12.2. The van der Waals surface area contributed by atoms with Crippen LogP contribution in [0.4, 0.5) is 5.69 Å². The molecule has 1 aromatic carbocycles. The first-order valence-electron chi connectivity index (χ1n) is 10.1. The monoisotopic (exact) mass is 373 g/mol. The molecule has 1 aromatic rings. The second kappa shape index (κ2) is 10.3. The minimum absolute atomic E-state index is 0.0306. The maximum Gasteiger partial charge on any atom is 0.239 e. The van der Waals surface area contributed by atoms with Gasteiger partial charge in [-0.1, -0.05) is 32.0 Å². The normalized spacial score (nSPS) is 17.9. The van der Waals surface area contributed by atoms with Gasteiger partial charge in [0.25, 0.3) is 0 Å². The average molecular weight is 374 g/mol. The smallest absolute Gasteiger partial charge is 0.239 e. The van der Waals surface area contributed by atoms with Gasteiger partial charge in [-0.05, 0) is 49.8 Å². The summed E-state index contributed by atoms with van der Waals surface area (Å²) in [4.78, 5) is 20.7. The van der Waals surface area contributed by atoms with E-state index in [9.17, 15) is 4.79 Å². The van der Waals surface area contributed by atoms with Crippen LogP contribution in [0.3, 0.4) is 0 Å². The van der Waals surface area contributed by atoms with Crippen molar-refractivity contribution < 1.29 is 4.79 Å². The molecule has 0 saturated carbocycles. The summed E-state index contributed by atoms with van der Waals surface area (Å²) in [6, 6.07) is 6.38. The van der Waals surface area contributed by atoms with Crippen LogP contribution in [-0.4, -0.2) is 61.4 Å². The van der Waals surface area contributed by atoms with Crippen molar-refractivity contribution >= 4 is 17.6 Å². The van der Waals surface area contributed by atoms with E-state index in [-0.39, 0.29) is 11.9 Å². The number of anilines is 1. The SMILES string of the molecule is CCc1cccc(CC)c1NC(N)=NCCCN1CCCC1C(=O)N(C)C. The number of aryl methyl sites for hydroxylation is 2. The molecule has 1 aliphatic heterocycles. The fourth-order valence-corrected chi connectivity index (χ4v) is 3.72. The van der Waals surface area contributed by atoms with E-state index < -0.39 is 0 Å². The highest BCUT2D eigenvalue weighted by atomic mass is 16.2. The molecule has 6 nitrogen and oxygen atoms in total. The number of guanidine groups is 1. The first kappa shape index (κ1) is 21.2. The van der Waals surface area contributed by atoms with Crippen molar-refractivity contribution in [2.45, 2.75) is 52.0 Å². The van der Waals surface area contributed by atoms with Crippen molar-refractivity contribution in [3.05, 3.63) is 29.3 Å². The molecular formula is C21H35N5O. The Morgan fingerprint density at radius 1 is 1.30 bits per heavy atom. The summed E-state index contributed by atoms with van der Waals surface area (Å²) in [5, 5.41) is 3.30. The van der Waals surface area contributed by atoms with Crippen molar-refractivity contribution in [1.29, 1.82) is 0 Å². The van der Waals surface area contributed by atoms with E-state index in [1.165, 1.54) is 11.1 Å². The van der Waals surface area contributed by atoms with E-state index >= 15 is 0 Å². The molecule has 1 unspecified atom stereocenters. The lowest BCUT2D eigenvalue weighted by molar-refractivity contribution is -0.133. The Kier molecular flexibility index (Phi) is 8.10. The fourth-order valence-electron chi connectivity index (χ4n) is 3.72. The molecule has 150 valence electrons. The molecule has 3 N–H and O–H groups in total. The molecule has 0 spiro atoms. The van der Waals surface area contributed by atoms with Crippen LogP contribution in [0.25, 0.3) is 0 Å². The van der Waals surface area contributed by atoms with Gasteiger partial charge in [0.2, 0.25) is 5.91 Å². The minimum atomic E-state index is 0.0306. The summed E-state index contributed by atoms with van der Waals surface area (Å²) < 4.78 is 0. The predicted molar refractivity (Wildman–Crippen MR) is 113 cm³/mol. The van der Waals surface area contributed by atoms with Crippen LogP contribution in [-0.2, 0) is 17.6 Å². The highest BCUT2D eigenvalue weighted by Gasteiger charge is 2.30. The van der Waals surface area contributed by atoms with Crippen molar-refractivity contribution in [1.82, 2.24) is 9.80 Å². The summed E-state index contributed by atoms with van der Waals surface area (Å²) in [5.41, 5.74) is 9.74. The molecule has 0 aromatic heterocycles. The van der Waals surface area contributed by atoms with Crippen molar-refractivity contribution in [2.24, 2.45) is 10.7 Å². The first-order valence-corrected chi connectivity index (χ1v) is 10.1. The molecule has 1 amide bonds. The molecule has 1 heterocycles. The summed E-state index contributed by atoms with van der Waals surface area (Å²) in [6.07, 6.45) is 4.86. The number of nitrogens with one attached hydrogen (secondary N) is 1. The second-order valence-electron chi connectivity index (χ2n) is 7.33. The Bertz CT molecular complexity index is 634. The zero-order chi connectivity index (χ0) is 19.8. The van der Waals surface area contributed by atoms with Crippen LogP contribution in [0.15, 0.2) is 23.2 Å². The van der Waals surface area contributed by atoms with Crippen molar-refractivity contribution in [2.75, 3.05) is 39.0 Å².